The smallest absolute Gasteiger partial charge is 0.339 e. The number of nitrogens with zero attached hydrogens (tertiary/aromatic N) is 1. The zero-order valence-corrected chi connectivity index (χ0v) is 23.1. The monoisotopic (exact) mass is 559 g/mol. The van der Waals surface area contributed by atoms with Gasteiger partial charge in [0.15, 0.2) is 0 Å². The van der Waals surface area contributed by atoms with Gasteiger partial charge in [-0.05, 0) is 97.3 Å². The predicted octanol–water partition coefficient (Wildman–Crippen LogP) is 6.82. The summed E-state index contributed by atoms with van der Waals surface area (Å²) in [6.45, 7) is 3.42. The molecule has 39 heavy (non-hydrogen) atoms. The van der Waals surface area contributed by atoms with E-state index in [9.17, 15) is 13.5 Å². The van der Waals surface area contributed by atoms with Crippen LogP contribution in [0.1, 0.15) is 30.5 Å². The summed E-state index contributed by atoms with van der Waals surface area (Å²) in [4.78, 5) is 4.92. The number of fused-ring (bicyclic) bond motifs is 1. The Morgan fingerprint density at radius 3 is 2.08 bits per heavy atom. The van der Waals surface area contributed by atoms with Gasteiger partial charge in [-0.1, -0.05) is 41.9 Å². The molecule has 4 aromatic carbocycles. The van der Waals surface area contributed by atoms with Gasteiger partial charge in [0.2, 0.25) is 0 Å². The first kappa shape index (κ1) is 26.7. The van der Waals surface area contributed by atoms with Crippen molar-refractivity contribution in [2.45, 2.75) is 24.3 Å². The van der Waals surface area contributed by atoms with Crippen molar-refractivity contribution >= 4 is 38.7 Å². The normalized spacial score (nSPS) is 14.4. The zero-order chi connectivity index (χ0) is 27.8. The van der Waals surface area contributed by atoms with E-state index in [4.69, 9.17) is 25.5 Å². The first-order valence-electron chi connectivity index (χ1n) is 12.2. The van der Waals surface area contributed by atoms with Gasteiger partial charge in [-0.25, -0.2) is 4.99 Å². The van der Waals surface area contributed by atoms with E-state index in [0.29, 0.717) is 33.3 Å². The van der Waals surface area contributed by atoms with E-state index < -0.39 is 15.7 Å². The molecule has 1 N–H and O–H groups in total. The van der Waals surface area contributed by atoms with Crippen molar-refractivity contribution in [3.63, 3.8) is 0 Å². The highest BCUT2D eigenvalue weighted by atomic mass is 35.5. The number of halogens is 1. The summed E-state index contributed by atoms with van der Waals surface area (Å²) in [6, 6.07) is 27.7. The maximum atomic E-state index is 13.0. The van der Waals surface area contributed by atoms with Crippen molar-refractivity contribution in [2.24, 2.45) is 4.99 Å². The maximum absolute atomic E-state index is 13.0. The van der Waals surface area contributed by atoms with Gasteiger partial charge in [-0.3, -0.25) is 0 Å². The first-order chi connectivity index (χ1) is 18.6. The number of rotatable bonds is 7. The van der Waals surface area contributed by atoms with Crippen molar-refractivity contribution in [1.82, 2.24) is 0 Å². The Morgan fingerprint density at radius 1 is 0.821 bits per heavy atom. The fraction of sp³-hybridized carbons (Fsp3) is 0.129. The molecule has 6 nitrogen and oxygen atoms in total. The molecule has 0 heterocycles. The number of aliphatic imine (C=N–C) groups is 1. The Hall–Kier alpha value is -3.91. The highest BCUT2D eigenvalue weighted by Gasteiger charge is 2.37. The summed E-state index contributed by atoms with van der Waals surface area (Å²) in [7, 11) is -2.51. The van der Waals surface area contributed by atoms with Crippen molar-refractivity contribution in [1.29, 1.82) is 0 Å². The second-order valence-corrected chi connectivity index (χ2v) is 11.5. The van der Waals surface area contributed by atoms with Gasteiger partial charge in [0.05, 0.1) is 24.1 Å². The summed E-state index contributed by atoms with van der Waals surface area (Å²) in [5.41, 5.74) is 3.68. The lowest BCUT2D eigenvalue weighted by molar-refractivity contribution is 0.127. The third-order valence-corrected chi connectivity index (χ3v) is 7.81. The Bertz CT molecular complexity index is 1690. The van der Waals surface area contributed by atoms with Crippen LogP contribution < -0.4 is 8.92 Å². The quantitative estimate of drug-likeness (QED) is 0.251. The van der Waals surface area contributed by atoms with Crippen LogP contribution in [0.3, 0.4) is 0 Å². The molecule has 1 aliphatic carbocycles. The number of methoxy groups -OCH3 is 1. The van der Waals surface area contributed by atoms with Gasteiger partial charge in [0.1, 0.15) is 16.4 Å². The van der Waals surface area contributed by atoms with Crippen molar-refractivity contribution in [2.75, 3.05) is 7.11 Å². The van der Waals surface area contributed by atoms with Crippen molar-refractivity contribution < 1.29 is 22.4 Å². The summed E-state index contributed by atoms with van der Waals surface area (Å²) < 4.78 is 36.8. The molecular formula is C31H26ClNO5S. The average Bonchev–Trinajstić information content (AvgIpc) is 3.23. The van der Waals surface area contributed by atoms with Crippen molar-refractivity contribution in [3.8, 4) is 11.5 Å². The number of hydrogen-bond acceptors (Lipinski definition) is 6. The lowest BCUT2D eigenvalue weighted by atomic mass is 9.89. The van der Waals surface area contributed by atoms with Gasteiger partial charge in [-0.15, -0.1) is 0 Å². The number of aliphatic hydroxyl groups is 1. The molecule has 0 aromatic heterocycles. The van der Waals surface area contributed by atoms with Gasteiger partial charge in [-0.2, -0.15) is 8.42 Å². The summed E-state index contributed by atoms with van der Waals surface area (Å²) in [6.07, 6.45) is 0. The molecular weight excluding hydrogens is 534 g/mol. The van der Waals surface area contributed by atoms with Gasteiger partial charge in [0.25, 0.3) is 0 Å². The van der Waals surface area contributed by atoms with E-state index in [2.05, 4.69) is 0 Å². The molecule has 0 saturated carbocycles. The molecule has 0 atom stereocenters. The average molecular weight is 560 g/mol. The lowest BCUT2D eigenvalue weighted by Crippen LogP contribution is -2.27. The minimum absolute atomic E-state index is 0.00911. The van der Waals surface area contributed by atoms with Crippen LogP contribution in [-0.4, -0.2) is 31.9 Å². The molecule has 0 aliphatic heterocycles. The summed E-state index contributed by atoms with van der Waals surface area (Å²) >= 11 is 5.92. The van der Waals surface area contributed by atoms with Gasteiger partial charge in [0, 0.05) is 16.2 Å². The summed E-state index contributed by atoms with van der Waals surface area (Å²) in [5.74, 6) is 0.843. The zero-order valence-electron chi connectivity index (χ0n) is 21.6. The van der Waals surface area contributed by atoms with E-state index in [-0.39, 0.29) is 10.6 Å². The summed E-state index contributed by atoms with van der Waals surface area (Å²) in [5, 5.41) is 11.8. The molecule has 0 amide bonds. The first-order valence-corrected chi connectivity index (χ1v) is 14.0. The van der Waals surface area contributed by atoms with E-state index in [1.165, 1.54) is 24.3 Å². The fourth-order valence-corrected chi connectivity index (χ4v) is 5.60. The fourth-order valence-electron chi connectivity index (χ4n) is 4.55. The standard InChI is InChI=1S/C31H26ClNO5S/c1-31(2,34)29-28(20-7-5-4-6-8-20)27-19-24(38-39(35,36)25-16-9-21(32)10-17-25)15-18-26(27)30(29)33-22-11-13-23(37-3)14-12-22/h4-19,34H,1-3H3. The van der Waals surface area contributed by atoms with E-state index in [0.717, 1.165) is 16.7 Å². The van der Waals surface area contributed by atoms with Crippen LogP contribution in [-0.2, 0) is 10.1 Å². The van der Waals surface area contributed by atoms with E-state index in [1.54, 1.807) is 39.2 Å². The molecule has 1 aliphatic rings. The van der Waals surface area contributed by atoms with E-state index >= 15 is 0 Å². The lowest BCUT2D eigenvalue weighted by Gasteiger charge is -2.22. The number of benzene rings is 4. The molecule has 4 aromatic rings. The Morgan fingerprint density at radius 2 is 1.46 bits per heavy atom. The van der Waals surface area contributed by atoms with Gasteiger partial charge < -0.3 is 14.0 Å². The van der Waals surface area contributed by atoms with Crippen LogP contribution in [0.2, 0.25) is 5.02 Å². The third kappa shape index (κ3) is 5.47. The topological polar surface area (TPSA) is 85.2 Å². The molecule has 0 saturated heterocycles. The molecule has 198 valence electrons. The predicted molar refractivity (Wildman–Crippen MR) is 154 cm³/mol. The molecule has 0 spiro atoms. The number of ether oxygens (including phenoxy) is 1. The molecule has 0 bridgehead atoms. The largest absolute Gasteiger partial charge is 0.497 e. The molecule has 0 unspecified atom stereocenters. The Labute approximate surface area is 233 Å². The Kier molecular flexibility index (Phi) is 7.07. The van der Waals surface area contributed by atoms with Crippen LogP contribution in [0, 0.1) is 0 Å². The van der Waals surface area contributed by atoms with Crippen LogP contribution >= 0.6 is 11.6 Å². The molecule has 8 heteroatoms. The molecule has 0 fully saturated rings. The van der Waals surface area contributed by atoms with Crippen LogP contribution in [0.5, 0.6) is 11.5 Å². The molecule has 0 radical (unpaired) electrons. The number of hydrogen-bond donors (Lipinski definition) is 1. The van der Waals surface area contributed by atoms with E-state index in [1.807, 2.05) is 54.6 Å². The van der Waals surface area contributed by atoms with Crippen LogP contribution in [0.4, 0.5) is 5.69 Å². The van der Waals surface area contributed by atoms with Crippen molar-refractivity contribution in [3.05, 3.63) is 124 Å². The maximum Gasteiger partial charge on any atom is 0.339 e. The third-order valence-electron chi connectivity index (χ3n) is 6.30. The minimum atomic E-state index is -4.11. The minimum Gasteiger partial charge on any atom is -0.497 e. The highest BCUT2D eigenvalue weighted by Crippen LogP contribution is 2.44. The van der Waals surface area contributed by atoms with Crippen LogP contribution in [0.25, 0.3) is 5.57 Å². The Balaban J connectivity index is 1.68. The van der Waals surface area contributed by atoms with Crippen LogP contribution in [0.15, 0.2) is 113 Å². The molecule has 5 rings (SSSR count). The van der Waals surface area contributed by atoms with Gasteiger partial charge >= 0.3 is 10.1 Å². The second-order valence-electron chi connectivity index (χ2n) is 9.53. The second kappa shape index (κ2) is 10.3. The SMILES string of the molecule is COc1ccc(N=C2C(C(C)(C)O)=C(c3ccccc3)c3cc(OS(=O)(=O)c4ccc(Cl)cc4)ccc32)cc1. The highest BCUT2D eigenvalue weighted by molar-refractivity contribution is 7.87.